The molecule has 0 aromatic carbocycles. The molecule has 112 valence electrons. The van der Waals surface area contributed by atoms with Gasteiger partial charge in [0.1, 0.15) is 12.0 Å². The van der Waals surface area contributed by atoms with Gasteiger partial charge in [-0.25, -0.2) is 9.97 Å². The van der Waals surface area contributed by atoms with Gasteiger partial charge < -0.3 is 4.98 Å². The quantitative estimate of drug-likeness (QED) is 0.799. The number of nitrogens with one attached hydrogen (secondary N) is 1. The van der Waals surface area contributed by atoms with Gasteiger partial charge in [-0.05, 0) is 25.8 Å². The molecule has 1 fully saturated rings. The first kappa shape index (κ1) is 13.5. The predicted octanol–water partition coefficient (Wildman–Crippen LogP) is 2.36. The highest BCUT2D eigenvalue weighted by Crippen LogP contribution is 2.56. The summed E-state index contributed by atoms with van der Waals surface area (Å²) < 4.78 is 1.60. The number of nitrogens with zero attached hydrogens (tertiary/aromatic N) is 6. The van der Waals surface area contributed by atoms with Gasteiger partial charge in [-0.3, -0.25) is 4.68 Å². The van der Waals surface area contributed by atoms with E-state index in [-0.39, 0.29) is 0 Å². The number of aromatic amines is 1. The van der Waals surface area contributed by atoms with E-state index in [1.54, 1.807) is 24.0 Å². The number of rotatable bonds is 3. The van der Waals surface area contributed by atoms with E-state index in [9.17, 15) is 10.5 Å². The van der Waals surface area contributed by atoms with Crippen molar-refractivity contribution in [3.05, 3.63) is 31.0 Å². The fourth-order valence-electron chi connectivity index (χ4n) is 3.00. The van der Waals surface area contributed by atoms with Crippen LogP contribution in [0.1, 0.15) is 19.8 Å². The molecule has 1 aliphatic rings. The van der Waals surface area contributed by atoms with Gasteiger partial charge in [0.15, 0.2) is 5.54 Å². The molecule has 1 aliphatic carbocycles. The summed E-state index contributed by atoms with van der Waals surface area (Å²) in [6.45, 7) is 1.77. The highest BCUT2D eigenvalue weighted by molar-refractivity contribution is 5.89. The maximum atomic E-state index is 9.67. The highest BCUT2D eigenvalue weighted by Gasteiger charge is 2.60. The van der Waals surface area contributed by atoms with Gasteiger partial charge in [-0.15, -0.1) is 0 Å². The average Bonchev–Trinajstić information content (AvgIpc) is 3.01. The van der Waals surface area contributed by atoms with E-state index < -0.39 is 11.0 Å². The summed E-state index contributed by atoms with van der Waals surface area (Å²) in [5.41, 5.74) is 0.669. The van der Waals surface area contributed by atoms with Crippen molar-refractivity contribution in [3.63, 3.8) is 0 Å². The Morgan fingerprint density at radius 3 is 2.87 bits per heavy atom. The van der Waals surface area contributed by atoms with E-state index in [0.29, 0.717) is 0 Å². The van der Waals surface area contributed by atoms with Gasteiger partial charge >= 0.3 is 0 Å². The van der Waals surface area contributed by atoms with Crippen LogP contribution in [0.3, 0.4) is 0 Å². The van der Waals surface area contributed by atoms with E-state index >= 15 is 0 Å². The predicted molar refractivity (Wildman–Crippen MR) is 81.7 cm³/mol. The van der Waals surface area contributed by atoms with E-state index in [2.05, 4.69) is 32.2 Å². The number of H-pyrrole nitrogens is 1. The molecule has 0 bridgehead atoms. The molecular formula is C16H13N7. The Bertz CT molecular complexity index is 980. The third-order valence-electron chi connectivity index (χ3n) is 4.78. The Hall–Kier alpha value is -3.19. The van der Waals surface area contributed by atoms with Crippen molar-refractivity contribution in [3.8, 4) is 23.4 Å². The molecule has 3 aromatic heterocycles. The fourth-order valence-corrected chi connectivity index (χ4v) is 3.00. The van der Waals surface area contributed by atoms with Crippen LogP contribution in [0.4, 0.5) is 0 Å². The third-order valence-corrected chi connectivity index (χ3v) is 4.78. The molecule has 4 rings (SSSR count). The second-order valence-electron chi connectivity index (χ2n) is 6.01. The first-order valence-corrected chi connectivity index (χ1v) is 7.30. The van der Waals surface area contributed by atoms with Gasteiger partial charge in [0.25, 0.3) is 0 Å². The molecule has 0 radical (unpaired) electrons. The molecule has 0 amide bonds. The van der Waals surface area contributed by atoms with Gasteiger partial charge in [0.05, 0.1) is 29.4 Å². The summed E-state index contributed by atoms with van der Waals surface area (Å²) in [6.07, 6.45) is 8.21. The zero-order valence-electron chi connectivity index (χ0n) is 12.5. The summed E-state index contributed by atoms with van der Waals surface area (Å²) in [7, 11) is 0. The third kappa shape index (κ3) is 1.71. The van der Waals surface area contributed by atoms with Gasteiger partial charge in [0.2, 0.25) is 0 Å². The number of fused-ring (bicyclic) bond motifs is 1. The SMILES string of the molecule is CC(C#N)(n1cc(-c2ncnc3[nH]ccc23)cn1)C1(C#N)CC1. The number of aromatic nitrogens is 5. The lowest BCUT2D eigenvalue weighted by Crippen LogP contribution is -2.38. The Morgan fingerprint density at radius 1 is 1.35 bits per heavy atom. The van der Waals surface area contributed by atoms with Crippen LogP contribution in [0.25, 0.3) is 22.3 Å². The average molecular weight is 303 g/mol. The van der Waals surface area contributed by atoms with Crippen LogP contribution >= 0.6 is 0 Å². The Morgan fingerprint density at radius 2 is 2.17 bits per heavy atom. The minimum Gasteiger partial charge on any atom is -0.346 e. The van der Waals surface area contributed by atoms with Gasteiger partial charge in [-0.1, -0.05) is 0 Å². The monoisotopic (exact) mass is 303 g/mol. The molecule has 23 heavy (non-hydrogen) atoms. The van der Waals surface area contributed by atoms with E-state index in [1.807, 2.05) is 12.3 Å². The minimum absolute atomic E-state index is 0.653. The van der Waals surface area contributed by atoms with Crippen LogP contribution in [0.2, 0.25) is 0 Å². The second kappa shape index (κ2) is 4.40. The molecule has 0 spiro atoms. The first-order valence-electron chi connectivity index (χ1n) is 7.30. The summed E-state index contributed by atoms with van der Waals surface area (Å²) >= 11 is 0. The molecule has 0 saturated heterocycles. The zero-order valence-corrected chi connectivity index (χ0v) is 12.5. The Balaban J connectivity index is 1.83. The van der Waals surface area contributed by atoms with E-state index in [0.717, 1.165) is 35.1 Å². The van der Waals surface area contributed by atoms with Crippen LogP contribution in [0.15, 0.2) is 31.0 Å². The normalized spacial score (nSPS) is 18.0. The Kier molecular flexibility index (Phi) is 2.58. The van der Waals surface area contributed by atoms with E-state index in [1.165, 1.54) is 6.33 Å². The lowest BCUT2D eigenvalue weighted by molar-refractivity contribution is 0.274. The number of hydrogen-bond donors (Lipinski definition) is 1. The van der Waals surface area contributed by atoms with Crippen molar-refractivity contribution in [2.75, 3.05) is 0 Å². The van der Waals surface area contributed by atoms with Gasteiger partial charge in [0, 0.05) is 23.3 Å². The Labute approximate surface area is 132 Å². The van der Waals surface area contributed by atoms with Crippen LogP contribution in [0.5, 0.6) is 0 Å². The van der Waals surface area contributed by atoms with Gasteiger partial charge in [-0.2, -0.15) is 15.6 Å². The second-order valence-corrected chi connectivity index (χ2v) is 6.01. The molecule has 1 N–H and O–H groups in total. The summed E-state index contributed by atoms with van der Waals surface area (Å²) in [6, 6.07) is 6.49. The molecular weight excluding hydrogens is 290 g/mol. The van der Waals surface area contributed by atoms with Crippen molar-refractivity contribution in [1.29, 1.82) is 10.5 Å². The van der Waals surface area contributed by atoms with Crippen molar-refractivity contribution < 1.29 is 0 Å². The first-order chi connectivity index (χ1) is 11.1. The molecule has 1 atom stereocenters. The largest absolute Gasteiger partial charge is 0.346 e. The number of nitriles is 2. The molecule has 3 heterocycles. The van der Waals surface area contributed by atoms with Crippen molar-refractivity contribution >= 4 is 11.0 Å². The standard InChI is InChI=1S/C16H13N7/c1-15(8-17,16(9-18)3-4-16)23-7-11(6-22-23)13-12-2-5-19-14(12)21-10-20-13/h2,5-7,10H,3-4H2,1H3,(H,19,20,21). The van der Waals surface area contributed by atoms with Crippen molar-refractivity contribution in [2.24, 2.45) is 5.41 Å². The van der Waals surface area contributed by atoms with Crippen LogP contribution in [-0.4, -0.2) is 24.7 Å². The van der Waals surface area contributed by atoms with Crippen LogP contribution < -0.4 is 0 Å². The highest BCUT2D eigenvalue weighted by atomic mass is 15.3. The summed E-state index contributed by atoms with van der Waals surface area (Å²) in [4.78, 5) is 11.6. The lowest BCUT2D eigenvalue weighted by Gasteiger charge is -2.26. The molecule has 7 heteroatoms. The topological polar surface area (TPSA) is 107 Å². The van der Waals surface area contributed by atoms with Crippen LogP contribution in [-0.2, 0) is 5.54 Å². The van der Waals surface area contributed by atoms with Crippen molar-refractivity contribution in [1.82, 2.24) is 24.7 Å². The maximum Gasteiger partial charge on any atom is 0.164 e. The smallest absolute Gasteiger partial charge is 0.164 e. The zero-order chi connectivity index (χ0) is 16.1. The maximum absolute atomic E-state index is 9.67. The van der Waals surface area contributed by atoms with Crippen molar-refractivity contribution in [2.45, 2.75) is 25.3 Å². The number of hydrogen-bond acceptors (Lipinski definition) is 5. The molecule has 0 aliphatic heterocycles. The summed E-state index contributed by atoms with van der Waals surface area (Å²) in [5, 5.41) is 24.4. The van der Waals surface area contributed by atoms with Crippen LogP contribution in [0, 0.1) is 28.1 Å². The molecule has 7 nitrogen and oxygen atoms in total. The molecule has 3 aromatic rings. The lowest BCUT2D eigenvalue weighted by atomic mass is 9.85. The van der Waals surface area contributed by atoms with E-state index in [4.69, 9.17) is 0 Å². The molecule has 1 unspecified atom stereocenters. The fraction of sp³-hybridized carbons (Fsp3) is 0.312. The summed E-state index contributed by atoms with van der Waals surface area (Å²) in [5.74, 6) is 0. The minimum atomic E-state index is -0.982. The molecule has 1 saturated carbocycles.